The van der Waals surface area contributed by atoms with Gasteiger partial charge in [-0.15, -0.1) is 0 Å². The van der Waals surface area contributed by atoms with E-state index in [1.807, 2.05) is 0 Å². The lowest BCUT2D eigenvalue weighted by Gasteiger charge is -2.26. The predicted molar refractivity (Wildman–Crippen MR) is 51.9 cm³/mol. The molecule has 0 aliphatic carbocycles. The summed E-state index contributed by atoms with van der Waals surface area (Å²) in [6, 6.07) is 0. The van der Waals surface area contributed by atoms with Crippen LogP contribution in [-0.4, -0.2) is 12.5 Å². The van der Waals surface area contributed by atoms with Crippen LogP contribution in [0.5, 0.6) is 0 Å². The molecule has 12 heavy (non-hydrogen) atoms. The third-order valence-corrected chi connectivity index (χ3v) is 1.78. The first-order valence-electron chi connectivity index (χ1n) is 4.58. The third-order valence-electron chi connectivity index (χ3n) is 1.78. The van der Waals surface area contributed by atoms with Crippen LogP contribution in [-0.2, 0) is 4.79 Å². The highest BCUT2D eigenvalue weighted by atomic mass is 16.1. The average molecular weight is 171 g/mol. The maximum Gasteiger partial charge on any atom is 0.216 e. The van der Waals surface area contributed by atoms with E-state index in [0.29, 0.717) is 5.92 Å². The number of nitrogens with one attached hydrogen (secondary N) is 1. The summed E-state index contributed by atoms with van der Waals surface area (Å²) in [4.78, 5) is 10.7. The zero-order valence-electron chi connectivity index (χ0n) is 8.90. The molecular formula is C10H21NO. The van der Waals surface area contributed by atoms with Crippen LogP contribution < -0.4 is 5.32 Å². The molecule has 0 fully saturated rings. The van der Waals surface area contributed by atoms with E-state index in [4.69, 9.17) is 0 Å². The summed E-state index contributed by atoms with van der Waals surface area (Å²) >= 11 is 0. The summed E-state index contributed by atoms with van der Waals surface area (Å²) < 4.78 is 0. The first-order valence-corrected chi connectivity index (χ1v) is 4.58. The van der Waals surface area contributed by atoms with Gasteiger partial charge in [-0.05, 0) is 17.8 Å². The van der Waals surface area contributed by atoms with Crippen LogP contribution in [0.3, 0.4) is 0 Å². The number of carbonyl (C=O) groups excluding carboxylic acids is 1. The molecule has 0 atom stereocenters. The number of hydrogen-bond acceptors (Lipinski definition) is 1. The molecule has 0 aromatic heterocycles. The zero-order chi connectivity index (χ0) is 9.78. The van der Waals surface area contributed by atoms with Crippen molar-refractivity contribution in [2.24, 2.45) is 11.3 Å². The van der Waals surface area contributed by atoms with Gasteiger partial charge in [0.05, 0.1) is 0 Å². The van der Waals surface area contributed by atoms with Crippen molar-refractivity contribution in [2.75, 3.05) is 6.54 Å². The van der Waals surface area contributed by atoms with Crippen molar-refractivity contribution in [1.29, 1.82) is 0 Å². The molecule has 0 aromatic rings. The average Bonchev–Trinajstić information content (AvgIpc) is 1.81. The number of hydrogen-bond donors (Lipinski definition) is 1. The second-order valence-electron chi connectivity index (χ2n) is 4.67. The first-order chi connectivity index (χ1) is 5.33. The number of amides is 1. The van der Waals surface area contributed by atoms with Gasteiger partial charge < -0.3 is 5.32 Å². The Bertz CT molecular complexity index is 150. The Morgan fingerprint density at radius 1 is 1.42 bits per heavy atom. The van der Waals surface area contributed by atoms with Crippen LogP contribution in [0.15, 0.2) is 0 Å². The Balaban J connectivity index is 3.78. The van der Waals surface area contributed by atoms with Crippen molar-refractivity contribution in [3.05, 3.63) is 0 Å². The molecule has 1 N–H and O–H groups in total. The lowest BCUT2D eigenvalue weighted by molar-refractivity contribution is -0.119. The minimum Gasteiger partial charge on any atom is -0.356 e. The number of carbonyl (C=O) groups is 1. The monoisotopic (exact) mass is 171 g/mol. The van der Waals surface area contributed by atoms with Crippen molar-refractivity contribution in [3.8, 4) is 0 Å². The van der Waals surface area contributed by atoms with Crippen molar-refractivity contribution in [3.63, 3.8) is 0 Å². The molecule has 1 amide bonds. The fraction of sp³-hybridized carbons (Fsp3) is 0.900. The van der Waals surface area contributed by atoms with E-state index in [1.54, 1.807) is 6.92 Å². The molecule has 0 saturated carbocycles. The lowest BCUT2D eigenvalue weighted by atomic mass is 9.84. The van der Waals surface area contributed by atoms with Gasteiger partial charge in [-0.1, -0.05) is 27.7 Å². The number of rotatable bonds is 4. The Hall–Kier alpha value is -0.530. The molecule has 0 aliphatic heterocycles. The predicted octanol–water partition coefficient (Wildman–Crippen LogP) is 2.19. The largest absolute Gasteiger partial charge is 0.356 e. The van der Waals surface area contributed by atoms with Crippen molar-refractivity contribution in [1.82, 2.24) is 5.32 Å². The molecule has 0 bridgehead atoms. The molecule has 2 nitrogen and oxygen atoms in total. The lowest BCUT2D eigenvalue weighted by Crippen LogP contribution is -2.33. The quantitative estimate of drug-likeness (QED) is 0.690. The molecule has 0 saturated heterocycles. The summed E-state index contributed by atoms with van der Waals surface area (Å²) in [6.45, 7) is 11.1. The van der Waals surface area contributed by atoms with Gasteiger partial charge in [0.15, 0.2) is 0 Å². The molecular weight excluding hydrogens is 150 g/mol. The summed E-state index contributed by atoms with van der Waals surface area (Å²) in [6.07, 6.45) is 1.15. The third kappa shape index (κ3) is 6.20. The van der Waals surface area contributed by atoms with Crippen LogP contribution in [0.4, 0.5) is 0 Å². The van der Waals surface area contributed by atoms with E-state index in [1.165, 1.54) is 0 Å². The molecule has 0 unspecified atom stereocenters. The zero-order valence-corrected chi connectivity index (χ0v) is 8.90. The van der Waals surface area contributed by atoms with Gasteiger partial charge in [0.25, 0.3) is 0 Å². The summed E-state index contributed by atoms with van der Waals surface area (Å²) in [5.74, 6) is 0.751. The molecule has 0 spiro atoms. The van der Waals surface area contributed by atoms with Gasteiger partial charge in [-0.3, -0.25) is 4.79 Å². The fourth-order valence-corrected chi connectivity index (χ4v) is 1.54. The Morgan fingerprint density at radius 2 is 1.92 bits per heavy atom. The SMILES string of the molecule is CC(=O)NCC(C)(C)CC(C)C. The highest BCUT2D eigenvalue weighted by molar-refractivity contribution is 5.72. The van der Waals surface area contributed by atoms with Gasteiger partial charge in [0.1, 0.15) is 0 Å². The molecule has 72 valence electrons. The Morgan fingerprint density at radius 3 is 2.25 bits per heavy atom. The van der Waals surface area contributed by atoms with Gasteiger partial charge >= 0.3 is 0 Å². The second kappa shape index (κ2) is 4.48. The van der Waals surface area contributed by atoms with E-state index < -0.39 is 0 Å². The molecule has 2 heteroatoms. The second-order valence-corrected chi connectivity index (χ2v) is 4.67. The van der Waals surface area contributed by atoms with Gasteiger partial charge in [0, 0.05) is 13.5 Å². The van der Waals surface area contributed by atoms with Crippen LogP contribution in [0.1, 0.15) is 41.0 Å². The van der Waals surface area contributed by atoms with E-state index in [0.717, 1.165) is 13.0 Å². The van der Waals surface area contributed by atoms with E-state index in [9.17, 15) is 4.79 Å². The standard InChI is InChI=1S/C10H21NO/c1-8(2)6-10(4,5)7-11-9(3)12/h8H,6-7H2,1-5H3,(H,11,12). The minimum absolute atomic E-state index is 0.0619. The fourth-order valence-electron chi connectivity index (χ4n) is 1.54. The maximum absolute atomic E-state index is 10.7. The molecule has 0 rings (SSSR count). The van der Waals surface area contributed by atoms with Crippen LogP contribution in [0, 0.1) is 11.3 Å². The van der Waals surface area contributed by atoms with Crippen molar-refractivity contribution in [2.45, 2.75) is 41.0 Å². The molecule has 0 aliphatic rings. The Labute approximate surface area is 75.7 Å². The molecule has 0 radical (unpaired) electrons. The summed E-state index contributed by atoms with van der Waals surface area (Å²) in [5, 5.41) is 2.85. The Kier molecular flexibility index (Phi) is 4.29. The molecule has 0 aromatic carbocycles. The van der Waals surface area contributed by atoms with Crippen LogP contribution in [0.2, 0.25) is 0 Å². The van der Waals surface area contributed by atoms with Gasteiger partial charge in [-0.25, -0.2) is 0 Å². The first kappa shape index (κ1) is 11.5. The highest BCUT2D eigenvalue weighted by Gasteiger charge is 2.19. The smallest absolute Gasteiger partial charge is 0.216 e. The normalized spacial score (nSPS) is 11.8. The van der Waals surface area contributed by atoms with Crippen molar-refractivity contribution < 1.29 is 4.79 Å². The van der Waals surface area contributed by atoms with E-state index in [-0.39, 0.29) is 11.3 Å². The van der Waals surface area contributed by atoms with Gasteiger partial charge in [0.2, 0.25) is 5.91 Å². The summed E-state index contributed by atoms with van der Waals surface area (Å²) in [5.41, 5.74) is 0.222. The van der Waals surface area contributed by atoms with Crippen molar-refractivity contribution >= 4 is 5.91 Å². The molecule has 0 heterocycles. The summed E-state index contributed by atoms with van der Waals surface area (Å²) in [7, 11) is 0. The van der Waals surface area contributed by atoms with E-state index in [2.05, 4.69) is 33.0 Å². The van der Waals surface area contributed by atoms with Crippen LogP contribution in [0.25, 0.3) is 0 Å². The topological polar surface area (TPSA) is 29.1 Å². The highest BCUT2D eigenvalue weighted by Crippen LogP contribution is 2.23. The minimum atomic E-state index is 0.0619. The van der Waals surface area contributed by atoms with Gasteiger partial charge in [-0.2, -0.15) is 0 Å². The van der Waals surface area contributed by atoms with Crippen LogP contribution >= 0.6 is 0 Å². The maximum atomic E-state index is 10.7. The van der Waals surface area contributed by atoms with E-state index >= 15 is 0 Å².